The first-order valence-electron chi connectivity index (χ1n) is 6.92. The van der Waals surface area contributed by atoms with Gasteiger partial charge >= 0.3 is 6.03 Å². The molecule has 2 N–H and O–H groups in total. The zero-order valence-corrected chi connectivity index (χ0v) is 12.3. The van der Waals surface area contributed by atoms with E-state index in [-0.39, 0.29) is 6.03 Å². The summed E-state index contributed by atoms with van der Waals surface area (Å²) in [5.41, 5.74) is 2.94. The monoisotopic (exact) mass is 284 g/mol. The van der Waals surface area contributed by atoms with Crippen LogP contribution in [-0.2, 0) is 6.42 Å². The highest BCUT2D eigenvalue weighted by Crippen LogP contribution is 2.24. The normalized spacial score (nSPS) is 10.0. The molecule has 2 amide bonds. The van der Waals surface area contributed by atoms with Crippen LogP contribution in [0.25, 0.3) is 0 Å². The fourth-order valence-corrected chi connectivity index (χ4v) is 2.05. The van der Waals surface area contributed by atoms with Crippen molar-refractivity contribution < 1.29 is 9.53 Å². The summed E-state index contributed by atoms with van der Waals surface area (Å²) in [5.74, 6) is 0.652. The van der Waals surface area contributed by atoms with E-state index in [0.29, 0.717) is 18.0 Å². The van der Waals surface area contributed by atoms with E-state index in [2.05, 4.69) is 10.6 Å². The number of aryl methyl sites for hydroxylation is 1. The molecule has 2 rings (SSSR count). The van der Waals surface area contributed by atoms with Crippen LogP contribution in [0.3, 0.4) is 0 Å². The van der Waals surface area contributed by atoms with Gasteiger partial charge in [0, 0.05) is 6.54 Å². The molecule has 0 atom stereocenters. The number of anilines is 1. The van der Waals surface area contributed by atoms with E-state index >= 15 is 0 Å². The molecule has 2 aromatic carbocycles. The van der Waals surface area contributed by atoms with Gasteiger partial charge in [0.15, 0.2) is 0 Å². The van der Waals surface area contributed by atoms with Crippen LogP contribution in [0, 0.1) is 6.92 Å². The second-order valence-corrected chi connectivity index (χ2v) is 4.82. The van der Waals surface area contributed by atoms with Crippen molar-refractivity contribution in [3.63, 3.8) is 0 Å². The first-order chi connectivity index (χ1) is 10.2. The third-order valence-electron chi connectivity index (χ3n) is 3.15. The minimum absolute atomic E-state index is 0.227. The molecular formula is C17H20N2O2. The Bertz CT molecular complexity index is 597. The summed E-state index contributed by atoms with van der Waals surface area (Å²) in [6.45, 7) is 2.56. The molecule has 0 heterocycles. The Hall–Kier alpha value is -2.49. The maximum atomic E-state index is 11.9. The van der Waals surface area contributed by atoms with Gasteiger partial charge in [-0.05, 0) is 36.6 Å². The minimum atomic E-state index is -0.227. The van der Waals surface area contributed by atoms with Crippen LogP contribution in [-0.4, -0.2) is 19.7 Å². The summed E-state index contributed by atoms with van der Waals surface area (Å²) < 4.78 is 5.23. The van der Waals surface area contributed by atoms with Crippen LogP contribution in [0.15, 0.2) is 48.5 Å². The van der Waals surface area contributed by atoms with E-state index in [4.69, 9.17) is 4.74 Å². The summed E-state index contributed by atoms with van der Waals surface area (Å²) in [4.78, 5) is 11.9. The minimum Gasteiger partial charge on any atom is -0.495 e. The number of hydrogen-bond acceptors (Lipinski definition) is 2. The number of urea groups is 1. The van der Waals surface area contributed by atoms with E-state index in [1.165, 1.54) is 5.56 Å². The van der Waals surface area contributed by atoms with E-state index in [1.807, 2.05) is 55.5 Å². The lowest BCUT2D eigenvalue weighted by atomic mass is 10.1. The highest BCUT2D eigenvalue weighted by Gasteiger charge is 2.07. The van der Waals surface area contributed by atoms with Gasteiger partial charge < -0.3 is 15.4 Å². The second-order valence-electron chi connectivity index (χ2n) is 4.82. The van der Waals surface area contributed by atoms with Crippen molar-refractivity contribution in [2.75, 3.05) is 19.0 Å². The molecule has 4 nitrogen and oxygen atoms in total. The molecule has 0 radical (unpaired) electrons. The van der Waals surface area contributed by atoms with Crippen molar-refractivity contribution in [3.05, 3.63) is 59.7 Å². The molecule has 0 spiro atoms. The Balaban J connectivity index is 1.86. The van der Waals surface area contributed by atoms with Crippen LogP contribution in [0.2, 0.25) is 0 Å². The average molecular weight is 284 g/mol. The lowest BCUT2D eigenvalue weighted by Crippen LogP contribution is -2.30. The number of ether oxygens (including phenoxy) is 1. The molecule has 2 aromatic rings. The molecule has 0 bridgehead atoms. The van der Waals surface area contributed by atoms with Gasteiger partial charge in [0.1, 0.15) is 5.75 Å². The quantitative estimate of drug-likeness (QED) is 0.884. The summed E-state index contributed by atoms with van der Waals surface area (Å²) in [6.07, 6.45) is 0.805. The number of carbonyl (C=O) groups excluding carboxylic acids is 1. The zero-order chi connectivity index (χ0) is 15.1. The molecule has 0 aliphatic carbocycles. The highest BCUT2D eigenvalue weighted by molar-refractivity contribution is 5.91. The van der Waals surface area contributed by atoms with Crippen LogP contribution in [0.5, 0.6) is 5.75 Å². The number of hydrogen-bond donors (Lipinski definition) is 2. The van der Waals surface area contributed by atoms with E-state index in [0.717, 1.165) is 12.0 Å². The lowest BCUT2D eigenvalue weighted by molar-refractivity contribution is 0.252. The Morgan fingerprint density at radius 2 is 1.90 bits per heavy atom. The molecule has 0 aromatic heterocycles. The molecular weight excluding hydrogens is 264 g/mol. The first kappa shape index (κ1) is 14.9. The lowest BCUT2D eigenvalue weighted by Gasteiger charge is -2.12. The third kappa shape index (κ3) is 4.53. The first-order valence-corrected chi connectivity index (χ1v) is 6.92. The van der Waals surface area contributed by atoms with Gasteiger partial charge in [0.2, 0.25) is 0 Å². The Labute approximate surface area is 125 Å². The van der Waals surface area contributed by atoms with Gasteiger partial charge in [-0.1, -0.05) is 36.4 Å². The maximum absolute atomic E-state index is 11.9. The van der Waals surface area contributed by atoms with Crippen LogP contribution < -0.4 is 15.4 Å². The molecule has 110 valence electrons. The summed E-state index contributed by atoms with van der Waals surface area (Å²) in [7, 11) is 1.59. The molecule has 0 aliphatic heterocycles. The van der Waals surface area contributed by atoms with Crippen molar-refractivity contribution >= 4 is 11.7 Å². The molecule has 0 saturated carbocycles. The predicted octanol–water partition coefficient (Wildman–Crippen LogP) is 3.37. The second kappa shape index (κ2) is 7.33. The molecule has 0 saturated heterocycles. The standard InChI is InChI=1S/C17H20N2O2/c1-13-8-9-16(21-2)15(12-13)19-17(20)18-11-10-14-6-4-3-5-7-14/h3-9,12H,10-11H2,1-2H3,(H2,18,19,20). The number of amides is 2. The summed E-state index contributed by atoms with van der Waals surface area (Å²) in [6, 6.07) is 15.5. The number of nitrogens with one attached hydrogen (secondary N) is 2. The van der Waals surface area contributed by atoms with Crippen molar-refractivity contribution in [2.24, 2.45) is 0 Å². The van der Waals surface area contributed by atoms with Crippen molar-refractivity contribution in [1.29, 1.82) is 0 Å². The molecule has 21 heavy (non-hydrogen) atoms. The Kier molecular flexibility index (Phi) is 5.21. The zero-order valence-electron chi connectivity index (χ0n) is 12.3. The summed E-state index contributed by atoms with van der Waals surface area (Å²) in [5, 5.41) is 5.66. The third-order valence-corrected chi connectivity index (χ3v) is 3.15. The van der Waals surface area contributed by atoms with Gasteiger partial charge in [-0.15, -0.1) is 0 Å². The fourth-order valence-electron chi connectivity index (χ4n) is 2.05. The predicted molar refractivity (Wildman–Crippen MR) is 84.9 cm³/mol. The van der Waals surface area contributed by atoms with Crippen molar-refractivity contribution in [3.8, 4) is 5.75 Å². The van der Waals surface area contributed by atoms with Crippen molar-refractivity contribution in [2.45, 2.75) is 13.3 Å². The van der Waals surface area contributed by atoms with Gasteiger partial charge in [-0.25, -0.2) is 4.79 Å². The van der Waals surface area contributed by atoms with Gasteiger partial charge in [-0.2, -0.15) is 0 Å². The van der Waals surface area contributed by atoms with E-state index in [1.54, 1.807) is 7.11 Å². The molecule has 0 aliphatic rings. The van der Waals surface area contributed by atoms with Gasteiger partial charge in [0.25, 0.3) is 0 Å². The topological polar surface area (TPSA) is 50.4 Å². The Morgan fingerprint density at radius 3 is 2.62 bits per heavy atom. The molecule has 0 fully saturated rings. The van der Waals surface area contributed by atoms with Crippen LogP contribution in [0.4, 0.5) is 10.5 Å². The molecule has 0 unspecified atom stereocenters. The Morgan fingerprint density at radius 1 is 1.14 bits per heavy atom. The number of carbonyl (C=O) groups is 1. The van der Waals surface area contributed by atoms with Gasteiger partial charge in [0.05, 0.1) is 12.8 Å². The van der Waals surface area contributed by atoms with Crippen LogP contribution >= 0.6 is 0 Å². The highest BCUT2D eigenvalue weighted by atomic mass is 16.5. The maximum Gasteiger partial charge on any atom is 0.319 e. The van der Waals surface area contributed by atoms with Crippen LogP contribution in [0.1, 0.15) is 11.1 Å². The van der Waals surface area contributed by atoms with E-state index in [9.17, 15) is 4.79 Å². The number of benzene rings is 2. The number of rotatable bonds is 5. The SMILES string of the molecule is COc1ccc(C)cc1NC(=O)NCCc1ccccc1. The fraction of sp³-hybridized carbons (Fsp3) is 0.235. The van der Waals surface area contributed by atoms with Crippen molar-refractivity contribution in [1.82, 2.24) is 5.32 Å². The molecule has 4 heteroatoms. The summed E-state index contributed by atoms with van der Waals surface area (Å²) >= 11 is 0. The largest absolute Gasteiger partial charge is 0.495 e. The smallest absolute Gasteiger partial charge is 0.319 e. The van der Waals surface area contributed by atoms with Gasteiger partial charge in [-0.3, -0.25) is 0 Å². The van der Waals surface area contributed by atoms with E-state index < -0.39 is 0 Å². The average Bonchev–Trinajstić information content (AvgIpc) is 2.48. The number of methoxy groups -OCH3 is 1.